The Morgan fingerprint density at radius 3 is 2.60 bits per heavy atom. The number of piperidine rings is 1. The number of benzene rings is 2. The number of para-hydroxylation sites is 1. The maximum atomic E-state index is 12.7. The maximum Gasteiger partial charge on any atom is 0.150 e. The second-order valence-electron chi connectivity index (χ2n) is 7.34. The molecule has 1 aromatic heterocycles. The maximum absolute atomic E-state index is 12.7. The number of carbonyl (C=O) groups is 1. The van der Waals surface area contributed by atoms with Crippen molar-refractivity contribution in [3.63, 3.8) is 0 Å². The molecule has 0 N–H and O–H groups in total. The summed E-state index contributed by atoms with van der Waals surface area (Å²) in [6.07, 6.45) is 2.49. The first kappa shape index (κ1) is 14.9. The second kappa shape index (κ2) is 5.57. The Bertz CT molecular complexity index is 957. The molecule has 3 heterocycles. The number of fused-ring (bicyclic) bond motifs is 6. The number of Topliss-reactive ketones (excluding diaryl/α,β-unsaturated/α-hetero) is 1. The van der Waals surface area contributed by atoms with Gasteiger partial charge in [0.15, 0.2) is 0 Å². The molecule has 0 unspecified atom stereocenters. The minimum absolute atomic E-state index is 0.0252. The van der Waals surface area contributed by atoms with E-state index in [-0.39, 0.29) is 6.04 Å². The molecule has 0 spiro atoms. The minimum Gasteiger partial charge on any atom is -0.346 e. The number of hydrogen-bond acceptors (Lipinski definition) is 2. The van der Waals surface area contributed by atoms with E-state index in [1.807, 2.05) is 6.07 Å². The molecular weight excluding hydrogens is 308 g/mol. The summed E-state index contributed by atoms with van der Waals surface area (Å²) in [4.78, 5) is 15.2. The predicted octanol–water partition coefficient (Wildman–Crippen LogP) is 4.01. The van der Waals surface area contributed by atoms with Crippen LogP contribution in [0.4, 0.5) is 0 Å². The largest absolute Gasteiger partial charge is 0.346 e. The van der Waals surface area contributed by atoms with Gasteiger partial charge in [-0.05, 0) is 30.0 Å². The lowest BCUT2D eigenvalue weighted by molar-refractivity contribution is -0.130. The molecular formula is C22H22N2O. The SMILES string of the molecule is Cn1c2c(c3ccccc31)C[C@@H]1C(=O)CC[C@H]2N1Cc1ccccc1. The third kappa shape index (κ3) is 2.19. The molecule has 0 radical (unpaired) electrons. The van der Waals surface area contributed by atoms with Crippen LogP contribution >= 0.6 is 0 Å². The Balaban J connectivity index is 1.65. The van der Waals surface area contributed by atoms with Crippen LogP contribution in [-0.4, -0.2) is 21.3 Å². The quantitative estimate of drug-likeness (QED) is 0.709. The van der Waals surface area contributed by atoms with Crippen LogP contribution in [0.1, 0.15) is 35.7 Å². The van der Waals surface area contributed by atoms with E-state index in [9.17, 15) is 4.79 Å². The average molecular weight is 330 g/mol. The number of rotatable bonds is 2. The van der Waals surface area contributed by atoms with E-state index in [0.29, 0.717) is 18.2 Å². The Morgan fingerprint density at radius 1 is 1.00 bits per heavy atom. The number of aryl methyl sites for hydroxylation is 1. The van der Waals surface area contributed by atoms with Gasteiger partial charge in [0.2, 0.25) is 0 Å². The van der Waals surface area contributed by atoms with Gasteiger partial charge in [-0.25, -0.2) is 0 Å². The number of ketones is 1. The molecule has 3 aromatic rings. The van der Waals surface area contributed by atoms with Gasteiger partial charge in [-0.15, -0.1) is 0 Å². The predicted molar refractivity (Wildman–Crippen MR) is 99.4 cm³/mol. The smallest absolute Gasteiger partial charge is 0.150 e. The number of aromatic nitrogens is 1. The molecule has 25 heavy (non-hydrogen) atoms. The van der Waals surface area contributed by atoms with Crippen molar-refractivity contribution in [3.05, 3.63) is 71.4 Å². The molecule has 2 aliphatic rings. The molecule has 126 valence electrons. The van der Waals surface area contributed by atoms with Crippen LogP contribution in [0.2, 0.25) is 0 Å². The first-order valence-electron chi connectivity index (χ1n) is 9.12. The molecule has 3 nitrogen and oxygen atoms in total. The van der Waals surface area contributed by atoms with Crippen molar-refractivity contribution in [2.45, 2.75) is 37.9 Å². The molecule has 1 saturated heterocycles. The monoisotopic (exact) mass is 330 g/mol. The van der Waals surface area contributed by atoms with Gasteiger partial charge in [0.1, 0.15) is 5.78 Å². The van der Waals surface area contributed by atoms with Crippen LogP contribution < -0.4 is 0 Å². The molecule has 2 atom stereocenters. The molecule has 0 saturated carbocycles. The van der Waals surface area contributed by atoms with E-state index in [0.717, 1.165) is 19.4 Å². The van der Waals surface area contributed by atoms with Gasteiger partial charge >= 0.3 is 0 Å². The van der Waals surface area contributed by atoms with E-state index in [1.165, 1.54) is 27.7 Å². The van der Waals surface area contributed by atoms with Crippen molar-refractivity contribution in [2.75, 3.05) is 0 Å². The zero-order valence-corrected chi connectivity index (χ0v) is 14.5. The van der Waals surface area contributed by atoms with Crippen LogP contribution in [-0.2, 0) is 24.8 Å². The summed E-state index contributed by atoms with van der Waals surface area (Å²) in [6.45, 7) is 0.850. The van der Waals surface area contributed by atoms with Crippen LogP contribution in [0, 0.1) is 0 Å². The minimum atomic E-state index is 0.0252. The zero-order valence-electron chi connectivity index (χ0n) is 14.5. The summed E-state index contributed by atoms with van der Waals surface area (Å²) in [5.74, 6) is 0.408. The summed E-state index contributed by atoms with van der Waals surface area (Å²) in [7, 11) is 2.18. The zero-order chi connectivity index (χ0) is 17.0. The fourth-order valence-electron chi connectivity index (χ4n) is 4.88. The first-order chi connectivity index (χ1) is 12.2. The van der Waals surface area contributed by atoms with Gasteiger partial charge < -0.3 is 4.57 Å². The molecule has 2 aliphatic heterocycles. The number of nitrogens with zero attached hydrogens (tertiary/aromatic N) is 2. The number of carbonyl (C=O) groups excluding carboxylic acids is 1. The average Bonchev–Trinajstić information content (AvgIpc) is 2.92. The van der Waals surface area contributed by atoms with E-state index < -0.39 is 0 Å². The first-order valence-corrected chi connectivity index (χ1v) is 9.12. The van der Waals surface area contributed by atoms with E-state index in [2.05, 4.69) is 65.0 Å². The number of hydrogen-bond donors (Lipinski definition) is 0. The Kier molecular flexibility index (Phi) is 3.32. The van der Waals surface area contributed by atoms with Crippen molar-refractivity contribution >= 4 is 16.7 Å². The van der Waals surface area contributed by atoms with E-state index in [1.54, 1.807) is 0 Å². The van der Waals surface area contributed by atoms with Gasteiger partial charge in [0, 0.05) is 36.6 Å². The summed E-state index contributed by atoms with van der Waals surface area (Å²) in [5.41, 5.74) is 5.38. The van der Waals surface area contributed by atoms with Gasteiger partial charge in [-0.3, -0.25) is 9.69 Å². The van der Waals surface area contributed by atoms with Gasteiger partial charge in [0.05, 0.1) is 12.1 Å². The lowest BCUT2D eigenvalue weighted by Gasteiger charge is -2.45. The van der Waals surface area contributed by atoms with Gasteiger partial charge in [-0.1, -0.05) is 48.5 Å². The fraction of sp³-hybridized carbons (Fsp3) is 0.318. The molecule has 0 aliphatic carbocycles. The van der Waals surface area contributed by atoms with Crippen molar-refractivity contribution in [1.29, 1.82) is 0 Å². The van der Waals surface area contributed by atoms with Crippen molar-refractivity contribution < 1.29 is 4.79 Å². The highest BCUT2D eigenvalue weighted by Crippen LogP contribution is 2.44. The van der Waals surface area contributed by atoms with Crippen LogP contribution in [0.3, 0.4) is 0 Å². The van der Waals surface area contributed by atoms with E-state index in [4.69, 9.17) is 0 Å². The van der Waals surface area contributed by atoms with Crippen molar-refractivity contribution in [1.82, 2.24) is 9.47 Å². The van der Waals surface area contributed by atoms with Gasteiger partial charge in [0.25, 0.3) is 0 Å². The topological polar surface area (TPSA) is 25.2 Å². The third-order valence-corrected chi connectivity index (χ3v) is 6.02. The van der Waals surface area contributed by atoms with Crippen LogP contribution in [0.15, 0.2) is 54.6 Å². The van der Waals surface area contributed by atoms with Gasteiger partial charge in [-0.2, -0.15) is 0 Å². The fourth-order valence-corrected chi connectivity index (χ4v) is 4.88. The standard InChI is InChI=1S/C22H22N2O/c1-23-18-10-6-5-9-16(18)17-13-20-21(25)12-11-19(22(17)23)24(20)14-15-7-3-2-4-8-15/h2-10,19-20H,11-14H2,1H3/t19-,20-/m1/s1. The van der Waals surface area contributed by atoms with Crippen molar-refractivity contribution in [2.24, 2.45) is 7.05 Å². The summed E-state index contributed by atoms with van der Waals surface area (Å²) >= 11 is 0. The molecule has 2 aromatic carbocycles. The molecule has 1 fully saturated rings. The highest BCUT2D eigenvalue weighted by molar-refractivity contribution is 5.90. The summed E-state index contributed by atoms with van der Waals surface area (Å²) in [6, 6.07) is 19.5. The molecule has 2 bridgehead atoms. The van der Waals surface area contributed by atoms with E-state index >= 15 is 0 Å². The summed E-state index contributed by atoms with van der Waals surface area (Å²) in [5, 5.41) is 1.32. The lowest BCUT2D eigenvalue weighted by atomic mass is 9.81. The second-order valence-corrected chi connectivity index (χ2v) is 7.34. The van der Waals surface area contributed by atoms with Crippen LogP contribution in [0.5, 0.6) is 0 Å². The van der Waals surface area contributed by atoms with Crippen LogP contribution in [0.25, 0.3) is 10.9 Å². The Morgan fingerprint density at radius 2 is 1.76 bits per heavy atom. The Labute approximate surface area is 147 Å². The third-order valence-electron chi connectivity index (χ3n) is 6.02. The summed E-state index contributed by atoms with van der Waals surface area (Å²) < 4.78 is 2.36. The molecule has 0 amide bonds. The lowest BCUT2D eigenvalue weighted by Crippen LogP contribution is -2.51. The van der Waals surface area contributed by atoms with Crippen molar-refractivity contribution in [3.8, 4) is 0 Å². The molecule has 5 rings (SSSR count). The molecule has 3 heteroatoms. The Hall–Kier alpha value is -2.39. The highest BCUT2D eigenvalue weighted by atomic mass is 16.1. The highest BCUT2D eigenvalue weighted by Gasteiger charge is 2.43. The normalized spacial score (nSPS) is 23.0.